The van der Waals surface area contributed by atoms with Gasteiger partial charge >= 0.3 is 0 Å². The maximum atomic E-state index is 5.69. The summed E-state index contributed by atoms with van der Waals surface area (Å²) in [5.41, 5.74) is 7.06. The maximum absolute atomic E-state index is 5.69. The van der Waals surface area contributed by atoms with Crippen molar-refractivity contribution < 1.29 is 4.52 Å². The smallest absolute Gasteiger partial charge is 0.259 e. The predicted octanol–water partition coefficient (Wildman–Crippen LogP) is 2.67. The lowest BCUT2D eigenvalue weighted by Gasteiger charge is -2.17. The summed E-state index contributed by atoms with van der Waals surface area (Å²) in [6, 6.07) is 1.79. The zero-order valence-corrected chi connectivity index (χ0v) is 10.7. The number of rotatable bonds is 2. The van der Waals surface area contributed by atoms with E-state index in [9.17, 15) is 0 Å². The second kappa shape index (κ2) is 4.97. The van der Waals surface area contributed by atoms with E-state index in [-0.39, 0.29) is 0 Å². The first-order valence-corrected chi connectivity index (χ1v) is 7.04. The summed E-state index contributed by atoms with van der Waals surface area (Å²) >= 11 is 1.90. The predicted molar refractivity (Wildman–Crippen MR) is 71.0 cm³/mol. The zero-order valence-electron chi connectivity index (χ0n) is 9.87. The van der Waals surface area contributed by atoms with Gasteiger partial charge in [0.05, 0.1) is 16.5 Å². The van der Waals surface area contributed by atoms with E-state index in [1.807, 2.05) is 11.8 Å². The lowest BCUT2D eigenvalue weighted by Crippen LogP contribution is -2.03. The minimum atomic E-state index is 0.366. The number of hydrogen-bond donors (Lipinski definition) is 1. The molecule has 1 unspecified atom stereocenters. The average molecular weight is 262 g/mol. The van der Waals surface area contributed by atoms with E-state index < -0.39 is 0 Å². The van der Waals surface area contributed by atoms with Crippen molar-refractivity contribution in [2.24, 2.45) is 0 Å². The Hall–Kier alpha value is -1.56. The first-order chi connectivity index (χ1) is 8.83. The van der Waals surface area contributed by atoms with Gasteiger partial charge in [-0.05, 0) is 24.7 Å². The second-order valence-corrected chi connectivity index (χ2v) is 5.63. The molecule has 0 aromatic carbocycles. The Morgan fingerprint density at radius 1 is 1.33 bits per heavy atom. The summed E-state index contributed by atoms with van der Waals surface area (Å²) in [4.78, 5) is 8.48. The van der Waals surface area contributed by atoms with E-state index in [2.05, 4.69) is 15.1 Å². The third kappa shape index (κ3) is 2.33. The van der Waals surface area contributed by atoms with Crippen LogP contribution in [0.1, 0.15) is 30.3 Å². The Labute approximate surface area is 109 Å². The quantitative estimate of drug-likeness (QED) is 0.896. The highest BCUT2D eigenvalue weighted by Gasteiger charge is 2.21. The number of hydrogen-bond acceptors (Lipinski definition) is 6. The molecule has 1 saturated heterocycles. The summed E-state index contributed by atoms with van der Waals surface area (Å²) in [6.45, 7) is 0. The van der Waals surface area contributed by atoms with Gasteiger partial charge in [-0.15, -0.1) is 0 Å². The van der Waals surface area contributed by atoms with Gasteiger partial charge in [0.2, 0.25) is 0 Å². The summed E-state index contributed by atoms with van der Waals surface area (Å²) in [5.74, 6) is 2.46. The molecule has 5 nitrogen and oxygen atoms in total. The first kappa shape index (κ1) is 11.5. The van der Waals surface area contributed by atoms with Gasteiger partial charge in [-0.1, -0.05) is 11.6 Å². The summed E-state index contributed by atoms with van der Waals surface area (Å²) in [5, 5.41) is 4.44. The van der Waals surface area contributed by atoms with E-state index in [0.29, 0.717) is 16.8 Å². The van der Waals surface area contributed by atoms with Crippen LogP contribution in [0.15, 0.2) is 23.0 Å². The molecule has 0 spiro atoms. The number of thioether (sulfide) groups is 1. The van der Waals surface area contributed by atoms with Gasteiger partial charge in [-0.3, -0.25) is 4.98 Å². The van der Waals surface area contributed by atoms with Crippen LogP contribution in [0.4, 0.5) is 5.69 Å². The van der Waals surface area contributed by atoms with Crippen molar-refractivity contribution in [1.29, 1.82) is 0 Å². The monoisotopic (exact) mass is 262 g/mol. The molecule has 0 radical (unpaired) electrons. The molecule has 1 atom stereocenters. The normalized spacial score (nSPS) is 19.9. The Kier molecular flexibility index (Phi) is 3.19. The SMILES string of the molecule is Nc1cncc(-c2nc(C3CCCCS3)no2)c1. The standard InChI is InChI=1S/C12H14N4OS/c13-9-5-8(6-14-7-9)12-15-11(16-17-12)10-3-1-2-4-18-10/h5-7,10H,1-4,13H2. The molecule has 1 fully saturated rings. The largest absolute Gasteiger partial charge is 0.397 e. The number of aromatic nitrogens is 3. The Bertz CT molecular complexity index is 536. The Balaban J connectivity index is 1.84. The molecule has 1 aliphatic heterocycles. The van der Waals surface area contributed by atoms with Gasteiger partial charge in [0.25, 0.3) is 5.89 Å². The van der Waals surface area contributed by atoms with Crippen LogP contribution in [0.25, 0.3) is 11.5 Å². The molecule has 0 bridgehead atoms. The van der Waals surface area contributed by atoms with E-state index in [1.165, 1.54) is 18.6 Å². The highest BCUT2D eigenvalue weighted by atomic mass is 32.2. The topological polar surface area (TPSA) is 77.8 Å². The molecule has 2 aromatic heterocycles. The molecule has 18 heavy (non-hydrogen) atoms. The first-order valence-electron chi connectivity index (χ1n) is 5.99. The lowest BCUT2D eigenvalue weighted by atomic mass is 10.2. The maximum Gasteiger partial charge on any atom is 0.259 e. The number of nitrogens with zero attached hydrogens (tertiary/aromatic N) is 3. The van der Waals surface area contributed by atoms with Crippen LogP contribution in [-0.2, 0) is 0 Å². The molecule has 6 heteroatoms. The lowest BCUT2D eigenvalue weighted by molar-refractivity contribution is 0.420. The molecule has 3 heterocycles. The second-order valence-electron chi connectivity index (χ2n) is 4.32. The van der Waals surface area contributed by atoms with Gasteiger partial charge in [0.15, 0.2) is 5.82 Å². The fourth-order valence-electron chi connectivity index (χ4n) is 2.00. The van der Waals surface area contributed by atoms with Crippen molar-refractivity contribution in [3.63, 3.8) is 0 Å². The van der Waals surface area contributed by atoms with E-state index in [1.54, 1.807) is 18.5 Å². The number of nitrogen functional groups attached to an aromatic ring is 1. The Morgan fingerprint density at radius 3 is 3.06 bits per heavy atom. The molecule has 3 rings (SSSR count). The fraction of sp³-hybridized carbons (Fsp3) is 0.417. The third-order valence-electron chi connectivity index (χ3n) is 2.92. The van der Waals surface area contributed by atoms with Crippen LogP contribution in [0.3, 0.4) is 0 Å². The summed E-state index contributed by atoms with van der Waals surface area (Å²) < 4.78 is 5.29. The summed E-state index contributed by atoms with van der Waals surface area (Å²) in [7, 11) is 0. The Morgan fingerprint density at radius 2 is 2.28 bits per heavy atom. The average Bonchev–Trinajstić information content (AvgIpc) is 2.89. The van der Waals surface area contributed by atoms with Gasteiger partial charge in [0, 0.05) is 12.4 Å². The number of anilines is 1. The van der Waals surface area contributed by atoms with Crippen LogP contribution in [0.5, 0.6) is 0 Å². The van der Waals surface area contributed by atoms with Crippen molar-refractivity contribution in [3.05, 3.63) is 24.3 Å². The van der Waals surface area contributed by atoms with E-state index in [4.69, 9.17) is 10.3 Å². The van der Waals surface area contributed by atoms with E-state index in [0.717, 1.165) is 17.8 Å². The third-order valence-corrected chi connectivity index (χ3v) is 4.29. The fourth-order valence-corrected chi connectivity index (χ4v) is 3.24. The molecule has 2 N–H and O–H groups in total. The molecule has 0 aliphatic carbocycles. The molecule has 94 valence electrons. The minimum Gasteiger partial charge on any atom is -0.397 e. The van der Waals surface area contributed by atoms with Gasteiger partial charge in [-0.25, -0.2) is 0 Å². The molecular formula is C12H14N4OS. The summed E-state index contributed by atoms with van der Waals surface area (Å²) in [6.07, 6.45) is 6.92. The highest BCUT2D eigenvalue weighted by molar-refractivity contribution is 7.99. The number of pyridine rings is 1. The van der Waals surface area contributed by atoms with Crippen molar-refractivity contribution in [2.45, 2.75) is 24.5 Å². The number of nitrogens with two attached hydrogens (primary N) is 1. The van der Waals surface area contributed by atoms with Crippen molar-refractivity contribution >= 4 is 17.4 Å². The molecule has 2 aromatic rings. The van der Waals surface area contributed by atoms with Gasteiger partial charge in [-0.2, -0.15) is 16.7 Å². The van der Waals surface area contributed by atoms with Crippen molar-refractivity contribution in [2.75, 3.05) is 11.5 Å². The van der Waals surface area contributed by atoms with E-state index >= 15 is 0 Å². The molecular weight excluding hydrogens is 248 g/mol. The van der Waals surface area contributed by atoms with Crippen LogP contribution < -0.4 is 5.73 Å². The van der Waals surface area contributed by atoms with Crippen LogP contribution in [-0.4, -0.2) is 20.9 Å². The van der Waals surface area contributed by atoms with Gasteiger partial charge < -0.3 is 10.3 Å². The van der Waals surface area contributed by atoms with Crippen LogP contribution >= 0.6 is 11.8 Å². The molecule has 0 saturated carbocycles. The molecule has 1 aliphatic rings. The van der Waals surface area contributed by atoms with Crippen LogP contribution in [0.2, 0.25) is 0 Å². The van der Waals surface area contributed by atoms with Crippen LogP contribution in [0, 0.1) is 0 Å². The van der Waals surface area contributed by atoms with Crippen molar-refractivity contribution in [1.82, 2.24) is 15.1 Å². The minimum absolute atomic E-state index is 0.366. The zero-order chi connectivity index (χ0) is 12.4. The highest BCUT2D eigenvalue weighted by Crippen LogP contribution is 2.37. The van der Waals surface area contributed by atoms with Gasteiger partial charge in [0.1, 0.15) is 0 Å². The van der Waals surface area contributed by atoms with Crippen molar-refractivity contribution in [3.8, 4) is 11.5 Å². The molecule has 0 amide bonds.